The summed E-state index contributed by atoms with van der Waals surface area (Å²) in [6, 6.07) is 19.2. The topological polar surface area (TPSA) is 0 Å². The molecule has 0 nitrogen and oxygen atoms in total. The van der Waals surface area contributed by atoms with E-state index in [4.69, 9.17) is 12.2 Å². The maximum atomic E-state index is 5.25. The maximum Gasteiger partial charge on any atom is 0.0193 e. The van der Waals surface area contributed by atoms with Crippen LogP contribution in [0, 0.1) is 0 Å². The van der Waals surface area contributed by atoms with E-state index in [0.29, 0.717) is 0 Å². The summed E-state index contributed by atoms with van der Waals surface area (Å²) >= 11 is 5.25. The lowest BCUT2D eigenvalue weighted by molar-refractivity contribution is 1.71. The fraction of sp³-hybridized carbons (Fsp3) is 0.0625. The molecule has 0 aromatic heterocycles. The highest BCUT2D eigenvalue weighted by molar-refractivity contribution is 7.80. The van der Waals surface area contributed by atoms with Crippen LogP contribution in [0.4, 0.5) is 0 Å². The van der Waals surface area contributed by atoms with E-state index in [9.17, 15) is 0 Å². The number of hydrogen-bond acceptors (Lipinski definition) is 1. The Hall–Kier alpha value is -1.73. The molecule has 0 saturated heterocycles. The van der Waals surface area contributed by atoms with E-state index in [0.717, 1.165) is 10.4 Å². The Labute approximate surface area is 106 Å². The zero-order valence-electron chi connectivity index (χ0n) is 9.60. The summed E-state index contributed by atoms with van der Waals surface area (Å²) in [4.78, 5) is 0.944. The van der Waals surface area contributed by atoms with Gasteiger partial charge in [0.1, 0.15) is 0 Å². The average molecular weight is 236 g/mol. The number of rotatable bonds is 1. The van der Waals surface area contributed by atoms with Gasteiger partial charge in [0.15, 0.2) is 0 Å². The van der Waals surface area contributed by atoms with Crippen LogP contribution in [0.5, 0.6) is 0 Å². The first kappa shape index (κ1) is 10.4. The number of benzene rings is 3. The van der Waals surface area contributed by atoms with E-state index in [1.165, 1.54) is 21.5 Å². The molecule has 0 spiro atoms. The highest BCUT2D eigenvalue weighted by atomic mass is 32.1. The van der Waals surface area contributed by atoms with Crippen molar-refractivity contribution in [3.8, 4) is 0 Å². The molecule has 0 fully saturated rings. The Morgan fingerprint density at radius 1 is 0.824 bits per heavy atom. The molecule has 0 unspecified atom stereocenters. The van der Waals surface area contributed by atoms with E-state index < -0.39 is 0 Å². The molecular weight excluding hydrogens is 224 g/mol. The van der Waals surface area contributed by atoms with Gasteiger partial charge < -0.3 is 0 Å². The lowest BCUT2D eigenvalue weighted by Crippen LogP contribution is -1.89. The van der Waals surface area contributed by atoms with Crippen molar-refractivity contribution in [2.75, 3.05) is 0 Å². The third-order valence-electron chi connectivity index (χ3n) is 3.15. The number of hydrogen-bond donors (Lipinski definition) is 0. The first-order chi connectivity index (χ1) is 8.25. The molecule has 0 radical (unpaired) electrons. The van der Waals surface area contributed by atoms with Gasteiger partial charge in [-0.15, -0.1) is 0 Å². The zero-order chi connectivity index (χ0) is 11.8. The van der Waals surface area contributed by atoms with Crippen molar-refractivity contribution in [2.45, 2.75) is 6.92 Å². The second-order valence-corrected chi connectivity index (χ2v) is 4.89. The first-order valence-electron chi connectivity index (χ1n) is 5.68. The summed E-state index contributed by atoms with van der Waals surface area (Å²) < 4.78 is 0. The van der Waals surface area contributed by atoms with E-state index >= 15 is 0 Å². The quantitative estimate of drug-likeness (QED) is 0.334. The van der Waals surface area contributed by atoms with Crippen molar-refractivity contribution in [3.05, 3.63) is 60.2 Å². The van der Waals surface area contributed by atoms with Gasteiger partial charge in [-0.05, 0) is 40.1 Å². The van der Waals surface area contributed by atoms with Crippen molar-refractivity contribution < 1.29 is 0 Å². The van der Waals surface area contributed by atoms with Gasteiger partial charge in [-0.1, -0.05) is 60.7 Å². The predicted octanol–water partition coefficient (Wildman–Crippen LogP) is 4.73. The smallest absolute Gasteiger partial charge is 0.0193 e. The molecular formula is C16H12S. The van der Waals surface area contributed by atoms with Gasteiger partial charge >= 0.3 is 0 Å². The molecule has 3 aromatic carbocycles. The Bertz CT molecular complexity index is 726. The molecule has 0 aliphatic rings. The Kier molecular flexibility index (Phi) is 2.41. The summed E-state index contributed by atoms with van der Waals surface area (Å²) in [5.74, 6) is 0. The summed E-state index contributed by atoms with van der Waals surface area (Å²) in [7, 11) is 0. The molecule has 82 valence electrons. The summed E-state index contributed by atoms with van der Waals surface area (Å²) in [5, 5.41) is 5.12. The van der Waals surface area contributed by atoms with Crippen LogP contribution in [0.1, 0.15) is 12.5 Å². The average Bonchev–Trinajstić information content (AvgIpc) is 2.38. The standard InChI is InChI=1S/C16H12S/c1-11(17)14-9-8-13-7-6-12-4-2-3-5-15(12)16(13)10-14/h2-10H,1H3. The fourth-order valence-electron chi connectivity index (χ4n) is 2.22. The highest BCUT2D eigenvalue weighted by Gasteiger charge is 2.02. The van der Waals surface area contributed by atoms with Crippen LogP contribution in [0.15, 0.2) is 54.6 Å². The van der Waals surface area contributed by atoms with Crippen LogP contribution in [0.3, 0.4) is 0 Å². The predicted molar refractivity (Wildman–Crippen MR) is 78.8 cm³/mol. The molecule has 3 rings (SSSR count). The second-order valence-electron chi connectivity index (χ2n) is 4.28. The second kappa shape index (κ2) is 3.94. The van der Waals surface area contributed by atoms with Crippen LogP contribution in [-0.2, 0) is 0 Å². The molecule has 0 aliphatic carbocycles. The van der Waals surface area contributed by atoms with Gasteiger partial charge in [-0.3, -0.25) is 0 Å². The SMILES string of the molecule is CC(=S)c1ccc2ccc3ccccc3c2c1. The summed E-state index contributed by atoms with van der Waals surface area (Å²) in [6.07, 6.45) is 0. The minimum absolute atomic E-state index is 0.944. The minimum atomic E-state index is 0.944. The van der Waals surface area contributed by atoms with E-state index in [1.807, 2.05) is 6.92 Å². The zero-order valence-corrected chi connectivity index (χ0v) is 10.4. The Morgan fingerprint density at radius 3 is 2.24 bits per heavy atom. The highest BCUT2D eigenvalue weighted by Crippen LogP contribution is 2.26. The lowest BCUT2D eigenvalue weighted by atomic mass is 9.99. The molecule has 0 heterocycles. The van der Waals surface area contributed by atoms with Crippen LogP contribution in [0.2, 0.25) is 0 Å². The van der Waals surface area contributed by atoms with Crippen LogP contribution in [0.25, 0.3) is 21.5 Å². The van der Waals surface area contributed by atoms with Gasteiger partial charge in [0.25, 0.3) is 0 Å². The first-order valence-corrected chi connectivity index (χ1v) is 6.09. The maximum absolute atomic E-state index is 5.25. The fourth-order valence-corrected chi connectivity index (χ4v) is 2.35. The van der Waals surface area contributed by atoms with E-state index in [-0.39, 0.29) is 0 Å². The third kappa shape index (κ3) is 1.73. The lowest BCUT2D eigenvalue weighted by Gasteiger charge is -2.06. The molecule has 1 heteroatoms. The molecule has 3 aromatic rings. The van der Waals surface area contributed by atoms with Crippen LogP contribution < -0.4 is 0 Å². The Morgan fingerprint density at radius 2 is 1.47 bits per heavy atom. The van der Waals surface area contributed by atoms with Gasteiger partial charge in [0.05, 0.1) is 0 Å². The molecule has 0 atom stereocenters. The molecule has 0 saturated carbocycles. The largest absolute Gasteiger partial charge is 0.0846 e. The minimum Gasteiger partial charge on any atom is -0.0846 e. The van der Waals surface area contributed by atoms with Crippen LogP contribution in [-0.4, -0.2) is 4.86 Å². The van der Waals surface area contributed by atoms with Crippen molar-refractivity contribution >= 4 is 38.6 Å². The number of fused-ring (bicyclic) bond motifs is 3. The molecule has 0 bridgehead atoms. The summed E-state index contributed by atoms with van der Waals surface area (Å²) in [6.45, 7) is 1.97. The summed E-state index contributed by atoms with van der Waals surface area (Å²) in [5.41, 5.74) is 1.14. The van der Waals surface area contributed by atoms with Gasteiger partial charge in [0.2, 0.25) is 0 Å². The van der Waals surface area contributed by atoms with Crippen molar-refractivity contribution in [1.82, 2.24) is 0 Å². The Balaban J connectivity index is 2.46. The number of thiocarbonyl (C=S) groups is 1. The molecule has 17 heavy (non-hydrogen) atoms. The monoisotopic (exact) mass is 236 g/mol. The normalized spacial score (nSPS) is 10.9. The van der Waals surface area contributed by atoms with E-state index in [2.05, 4.69) is 54.6 Å². The van der Waals surface area contributed by atoms with Crippen molar-refractivity contribution in [1.29, 1.82) is 0 Å². The molecule has 0 amide bonds. The molecule has 0 aliphatic heterocycles. The van der Waals surface area contributed by atoms with Gasteiger partial charge in [0, 0.05) is 4.86 Å². The molecule has 0 N–H and O–H groups in total. The van der Waals surface area contributed by atoms with Crippen molar-refractivity contribution in [3.63, 3.8) is 0 Å². The third-order valence-corrected chi connectivity index (χ3v) is 3.39. The van der Waals surface area contributed by atoms with E-state index in [1.54, 1.807) is 0 Å². The van der Waals surface area contributed by atoms with Crippen molar-refractivity contribution in [2.24, 2.45) is 0 Å². The van der Waals surface area contributed by atoms with Gasteiger partial charge in [-0.2, -0.15) is 0 Å². The van der Waals surface area contributed by atoms with Gasteiger partial charge in [-0.25, -0.2) is 0 Å². The van der Waals surface area contributed by atoms with Crippen LogP contribution >= 0.6 is 12.2 Å².